The molecule has 0 aliphatic carbocycles. The van der Waals surface area contributed by atoms with Crippen LogP contribution in [0.5, 0.6) is 0 Å². The van der Waals surface area contributed by atoms with Crippen LogP contribution in [0.2, 0.25) is 5.02 Å². The van der Waals surface area contributed by atoms with Crippen LogP contribution in [0, 0.1) is 0 Å². The van der Waals surface area contributed by atoms with Gasteiger partial charge in [-0.15, -0.1) is 0 Å². The number of anilines is 1. The molecule has 1 aromatic carbocycles. The predicted molar refractivity (Wildman–Crippen MR) is 76.7 cm³/mol. The number of halogens is 1. The van der Waals surface area contributed by atoms with Crippen LogP contribution in [0.25, 0.3) is 0 Å². The molecule has 6 heteroatoms. The van der Waals surface area contributed by atoms with Gasteiger partial charge in [0.1, 0.15) is 5.82 Å². The highest BCUT2D eigenvalue weighted by atomic mass is 35.5. The Morgan fingerprint density at radius 1 is 1.10 bits per heavy atom. The van der Waals surface area contributed by atoms with Gasteiger partial charge in [0.15, 0.2) is 0 Å². The summed E-state index contributed by atoms with van der Waals surface area (Å²) in [5.74, 6) is -0.234. The minimum Gasteiger partial charge on any atom is -0.343 e. The number of aromatic nitrogens is 1. The van der Waals surface area contributed by atoms with Gasteiger partial charge in [-0.05, 0) is 36.4 Å². The number of pyridine rings is 1. The average molecular weight is 290 g/mol. The molecule has 0 saturated carbocycles. The molecule has 0 bridgehead atoms. The molecule has 2 rings (SSSR count). The number of rotatable bonds is 4. The Bertz CT molecular complexity index is 600. The maximum absolute atomic E-state index is 11.8. The Hall–Kier alpha value is -2.40. The van der Waals surface area contributed by atoms with Crippen molar-refractivity contribution >= 4 is 29.2 Å². The van der Waals surface area contributed by atoms with Crippen LogP contribution in [0.15, 0.2) is 48.7 Å². The summed E-state index contributed by atoms with van der Waals surface area (Å²) in [6.07, 6.45) is 1.57. The van der Waals surface area contributed by atoms with E-state index in [-0.39, 0.29) is 18.4 Å². The Kier molecular flexibility index (Phi) is 4.68. The van der Waals surface area contributed by atoms with Crippen molar-refractivity contribution in [2.24, 2.45) is 0 Å². The van der Waals surface area contributed by atoms with E-state index >= 15 is 0 Å². The number of benzene rings is 1. The molecule has 1 aromatic heterocycles. The summed E-state index contributed by atoms with van der Waals surface area (Å²) in [4.78, 5) is 27.3. The van der Waals surface area contributed by atoms with Crippen LogP contribution in [-0.2, 0) is 4.79 Å². The van der Waals surface area contributed by atoms with Crippen molar-refractivity contribution < 1.29 is 9.59 Å². The molecule has 0 atom stereocenters. The summed E-state index contributed by atoms with van der Waals surface area (Å²) in [5.41, 5.74) is 0.444. The van der Waals surface area contributed by atoms with Gasteiger partial charge in [0, 0.05) is 16.8 Å². The zero-order chi connectivity index (χ0) is 14.4. The molecule has 0 aliphatic rings. The molecule has 2 aromatic rings. The molecule has 2 amide bonds. The minimum atomic E-state index is -0.342. The van der Waals surface area contributed by atoms with Crippen molar-refractivity contribution in [2.45, 2.75) is 0 Å². The SMILES string of the molecule is O=C(CNC(=O)c1ccc(Cl)cc1)Nc1ccccn1. The summed E-state index contributed by atoms with van der Waals surface area (Å²) >= 11 is 5.73. The van der Waals surface area contributed by atoms with Gasteiger partial charge in [0.2, 0.25) is 5.91 Å². The monoisotopic (exact) mass is 289 g/mol. The second-order valence-corrected chi connectivity index (χ2v) is 4.39. The van der Waals surface area contributed by atoms with Gasteiger partial charge in [0.05, 0.1) is 6.54 Å². The van der Waals surface area contributed by atoms with Crippen molar-refractivity contribution in [1.29, 1.82) is 0 Å². The minimum absolute atomic E-state index is 0.127. The van der Waals surface area contributed by atoms with E-state index in [0.717, 1.165) is 0 Å². The van der Waals surface area contributed by atoms with E-state index < -0.39 is 0 Å². The lowest BCUT2D eigenvalue weighted by molar-refractivity contribution is -0.115. The van der Waals surface area contributed by atoms with E-state index in [1.165, 1.54) is 0 Å². The third-order valence-electron chi connectivity index (χ3n) is 2.45. The maximum atomic E-state index is 11.8. The van der Waals surface area contributed by atoms with E-state index in [9.17, 15) is 9.59 Å². The molecule has 0 spiro atoms. The van der Waals surface area contributed by atoms with Crippen LogP contribution in [-0.4, -0.2) is 23.3 Å². The molecule has 0 unspecified atom stereocenters. The van der Waals surface area contributed by atoms with Crippen LogP contribution < -0.4 is 10.6 Å². The highest BCUT2D eigenvalue weighted by molar-refractivity contribution is 6.30. The quantitative estimate of drug-likeness (QED) is 0.905. The van der Waals surface area contributed by atoms with E-state index in [2.05, 4.69) is 15.6 Å². The normalized spacial score (nSPS) is 9.85. The number of nitrogens with one attached hydrogen (secondary N) is 2. The average Bonchev–Trinajstić information content (AvgIpc) is 2.46. The lowest BCUT2D eigenvalue weighted by Gasteiger charge is -2.06. The molecule has 0 fully saturated rings. The second kappa shape index (κ2) is 6.68. The van der Waals surface area contributed by atoms with Crippen molar-refractivity contribution in [3.05, 3.63) is 59.2 Å². The fourth-order valence-electron chi connectivity index (χ4n) is 1.49. The molecule has 20 heavy (non-hydrogen) atoms. The van der Waals surface area contributed by atoms with Gasteiger partial charge in [-0.2, -0.15) is 0 Å². The largest absolute Gasteiger partial charge is 0.343 e. The molecule has 0 saturated heterocycles. The van der Waals surface area contributed by atoms with Gasteiger partial charge in [-0.1, -0.05) is 17.7 Å². The van der Waals surface area contributed by atoms with Crippen molar-refractivity contribution in [1.82, 2.24) is 10.3 Å². The van der Waals surface area contributed by atoms with Gasteiger partial charge in [0.25, 0.3) is 5.91 Å². The summed E-state index contributed by atoms with van der Waals surface area (Å²) in [6, 6.07) is 11.6. The van der Waals surface area contributed by atoms with Crippen LogP contribution in [0.3, 0.4) is 0 Å². The lowest BCUT2D eigenvalue weighted by atomic mass is 10.2. The number of hydrogen-bond acceptors (Lipinski definition) is 3. The molecular weight excluding hydrogens is 278 g/mol. The van der Waals surface area contributed by atoms with E-state index in [4.69, 9.17) is 11.6 Å². The van der Waals surface area contributed by atoms with Crippen molar-refractivity contribution in [3.63, 3.8) is 0 Å². The zero-order valence-corrected chi connectivity index (χ0v) is 11.2. The molecule has 1 heterocycles. The Morgan fingerprint density at radius 2 is 1.85 bits per heavy atom. The Balaban J connectivity index is 1.84. The predicted octanol–water partition coefficient (Wildman–Crippen LogP) is 2.10. The summed E-state index contributed by atoms with van der Waals surface area (Å²) < 4.78 is 0. The first-order valence-electron chi connectivity index (χ1n) is 5.90. The molecular formula is C14H12ClN3O2. The summed E-state index contributed by atoms with van der Waals surface area (Å²) in [5, 5.41) is 5.64. The first-order valence-corrected chi connectivity index (χ1v) is 6.27. The van der Waals surface area contributed by atoms with Crippen molar-refractivity contribution in [3.8, 4) is 0 Å². The standard InChI is InChI=1S/C14H12ClN3O2/c15-11-6-4-10(5-7-11)14(20)17-9-13(19)18-12-3-1-2-8-16-12/h1-8H,9H2,(H,17,20)(H,16,18,19). The third-order valence-corrected chi connectivity index (χ3v) is 2.70. The second-order valence-electron chi connectivity index (χ2n) is 3.95. The Labute approximate surface area is 121 Å². The fourth-order valence-corrected chi connectivity index (χ4v) is 1.61. The van der Waals surface area contributed by atoms with Gasteiger partial charge in [-0.25, -0.2) is 4.98 Å². The maximum Gasteiger partial charge on any atom is 0.251 e. The summed E-state index contributed by atoms with van der Waals surface area (Å²) in [7, 11) is 0. The molecule has 0 aliphatic heterocycles. The van der Waals surface area contributed by atoms with E-state index in [0.29, 0.717) is 16.4 Å². The van der Waals surface area contributed by atoms with Crippen LogP contribution >= 0.6 is 11.6 Å². The smallest absolute Gasteiger partial charge is 0.251 e. The number of amides is 2. The van der Waals surface area contributed by atoms with Gasteiger partial charge >= 0.3 is 0 Å². The summed E-state index contributed by atoms with van der Waals surface area (Å²) in [6.45, 7) is -0.127. The first kappa shape index (κ1) is 14.0. The van der Waals surface area contributed by atoms with Crippen LogP contribution in [0.1, 0.15) is 10.4 Å². The highest BCUT2D eigenvalue weighted by Gasteiger charge is 2.08. The van der Waals surface area contributed by atoms with E-state index in [1.54, 1.807) is 48.7 Å². The van der Waals surface area contributed by atoms with E-state index in [1.807, 2.05) is 0 Å². The molecule has 102 valence electrons. The van der Waals surface area contributed by atoms with Crippen LogP contribution in [0.4, 0.5) is 5.82 Å². The number of nitrogens with zero attached hydrogens (tertiary/aromatic N) is 1. The highest BCUT2D eigenvalue weighted by Crippen LogP contribution is 2.09. The van der Waals surface area contributed by atoms with Crippen molar-refractivity contribution in [2.75, 3.05) is 11.9 Å². The third kappa shape index (κ3) is 4.07. The number of carbonyl (C=O) groups is 2. The molecule has 5 nitrogen and oxygen atoms in total. The zero-order valence-electron chi connectivity index (χ0n) is 10.5. The molecule has 0 radical (unpaired) electrons. The Morgan fingerprint density at radius 3 is 2.50 bits per heavy atom. The number of carbonyl (C=O) groups excluding carboxylic acids is 2. The van der Waals surface area contributed by atoms with Gasteiger partial charge in [-0.3, -0.25) is 9.59 Å². The topological polar surface area (TPSA) is 71.1 Å². The van der Waals surface area contributed by atoms with Gasteiger partial charge < -0.3 is 10.6 Å². The molecule has 2 N–H and O–H groups in total. The number of hydrogen-bond donors (Lipinski definition) is 2. The fraction of sp³-hybridized carbons (Fsp3) is 0.0714. The first-order chi connectivity index (χ1) is 9.65. The lowest BCUT2D eigenvalue weighted by Crippen LogP contribution is -2.32.